The molecule has 21 atom stereocenters. The second-order valence-electron chi connectivity index (χ2n) is 30.9. The second kappa shape index (κ2) is 49.1. The van der Waals surface area contributed by atoms with Crippen LogP contribution >= 0.6 is 0 Å². The van der Waals surface area contributed by atoms with Crippen LogP contribution in [0.4, 0.5) is 0 Å². The first kappa shape index (κ1) is 94.1. The van der Waals surface area contributed by atoms with Crippen LogP contribution in [0, 0.1) is 0 Å². The van der Waals surface area contributed by atoms with Gasteiger partial charge in [-0.15, -0.1) is 0 Å². The third-order valence-corrected chi connectivity index (χ3v) is 22.0. The zero-order valence-corrected chi connectivity index (χ0v) is 71.4. The summed E-state index contributed by atoms with van der Waals surface area (Å²) in [5.74, 6) is -3.99. The summed E-state index contributed by atoms with van der Waals surface area (Å²) in [6.45, 7) is -1.63. The van der Waals surface area contributed by atoms with Gasteiger partial charge >= 0.3 is 23.9 Å². The van der Waals surface area contributed by atoms with E-state index in [1.165, 1.54) is 12.1 Å². The molecule has 31 heteroatoms. The molecule has 0 aromatic heterocycles. The zero-order chi connectivity index (χ0) is 90.0. The highest BCUT2D eigenvalue weighted by atomic mass is 16.8. The first-order valence-corrected chi connectivity index (χ1v) is 42.7. The molecule has 10 aromatic carbocycles. The van der Waals surface area contributed by atoms with Crippen molar-refractivity contribution in [3.05, 3.63) is 380 Å². The highest BCUT2D eigenvalue weighted by molar-refractivity contribution is 5.90. The number of carbonyl (C=O) groups excluding carboxylic acids is 4. The zero-order valence-electron chi connectivity index (χ0n) is 71.4. The Morgan fingerprint density at radius 2 is 0.646 bits per heavy atom. The van der Waals surface area contributed by atoms with Crippen LogP contribution in [0.5, 0.6) is 0 Å². The molecule has 4 aliphatic rings. The van der Waals surface area contributed by atoms with Crippen LogP contribution in [0.1, 0.15) is 65.2 Å². The summed E-state index contributed by atoms with van der Waals surface area (Å²) in [6.07, 6.45) is -32.1. The minimum Gasteiger partial charge on any atom is -0.467 e. The van der Waals surface area contributed by atoms with E-state index in [0.29, 0.717) is 27.8 Å². The summed E-state index contributed by atoms with van der Waals surface area (Å²) in [7, 11) is 2.23. The van der Waals surface area contributed by atoms with Crippen molar-refractivity contribution in [1.29, 1.82) is 0 Å². The molecule has 31 nitrogen and oxygen atoms in total. The smallest absolute Gasteiger partial charge is 0.338 e. The van der Waals surface area contributed by atoms with Gasteiger partial charge in [0.15, 0.2) is 49.6 Å². The molecule has 0 saturated carbocycles. The van der Waals surface area contributed by atoms with E-state index >= 15 is 14.4 Å². The van der Waals surface area contributed by atoms with Crippen molar-refractivity contribution in [3.8, 4) is 0 Å². The van der Waals surface area contributed by atoms with E-state index < -0.39 is 159 Å². The maximum atomic E-state index is 15.4. The maximum absolute atomic E-state index is 15.4. The molecular weight excluding hydrogens is 1670 g/mol. The molecule has 10 aromatic rings. The molecular formula is C99H102N6O25. The Kier molecular flexibility index (Phi) is 35.6. The number of benzene rings is 10. The molecule has 678 valence electrons. The number of aliphatic hydroxyl groups excluding tert-OH is 1. The van der Waals surface area contributed by atoms with E-state index in [1.807, 2.05) is 146 Å². The Hall–Kier alpha value is -12.0. The maximum Gasteiger partial charge on any atom is 0.338 e. The molecule has 14 rings (SSSR count). The quantitative estimate of drug-likeness (QED) is 0.0122. The van der Waals surface area contributed by atoms with Crippen molar-refractivity contribution in [2.24, 2.45) is 10.2 Å². The Labute approximate surface area is 751 Å². The van der Waals surface area contributed by atoms with Crippen LogP contribution in [0.3, 0.4) is 0 Å². The predicted octanol–water partition coefficient (Wildman–Crippen LogP) is 14.2. The number of methoxy groups -OCH3 is 2. The van der Waals surface area contributed by atoms with Crippen molar-refractivity contribution in [3.63, 3.8) is 0 Å². The molecule has 0 amide bonds. The first-order valence-electron chi connectivity index (χ1n) is 42.7. The normalized spacial score (nSPS) is 25.6. The molecule has 0 bridgehead atoms. The van der Waals surface area contributed by atoms with E-state index in [0.717, 1.165) is 30.9 Å². The van der Waals surface area contributed by atoms with Crippen molar-refractivity contribution in [1.82, 2.24) is 0 Å². The molecule has 1 N–H and O–H groups in total. The van der Waals surface area contributed by atoms with Crippen molar-refractivity contribution < 1.29 is 119 Å². The lowest BCUT2D eigenvalue weighted by molar-refractivity contribution is -0.376. The fourth-order valence-corrected chi connectivity index (χ4v) is 15.4. The Balaban J connectivity index is 0.874. The number of rotatable bonds is 44. The number of esters is 4. The van der Waals surface area contributed by atoms with Crippen LogP contribution in [0.15, 0.2) is 314 Å². The molecule has 4 aliphatic heterocycles. The van der Waals surface area contributed by atoms with Crippen LogP contribution in [0.2, 0.25) is 0 Å². The van der Waals surface area contributed by atoms with Gasteiger partial charge in [-0.05, 0) is 79.8 Å². The SMILES string of the molecule is COC(=O)[C@@H]1O[C@@H](OC[C@@H](COCc2ccccc2)OCc2ccccc2)[C@H](OC(=O)c2ccccc2)[C@@H](OCc2ccccc2)[C@@H]1O[C@H]1O[C@H](COCc2ccccc2)[C@@H](O[C@@H]2O[C@@H](C(=O)OC)[C@@H](O[C@H]3O[C@H](COCc4ccccc4)[C@@H](O)[C@H](OCc4ccccc4)[C@H]3N=[N+]=[N-])[C@H](OCc3ccccc3)[C@H]2OC(=O)c2ccccc2)[C@H](OCc2ccccc2)[C@H]1N=[N+]=[N-]. The number of aliphatic hydroxyl groups is 1. The van der Waals surface area contributed by atoms with Gasteiger partial charge in [0.1, 0.15) is 73.1 Å². The van der Waals surface area contributed by atoms with Gasteiger partial charge < -0.3 is 99.8 Å². The molecule has 0 aliphatic carbocycles. The molecule has 0 unspecified atom stereocenters. The first-order chi connectivity index (χ1) is 63.9. The molecule has 130 heavy (non-hydrogen) atoms. The second-order valence-corrected chi connectivity index (χ2v) is 30.9. The summed E-state index contributed by atoms with van der Waals surface area (Å²) < 4.78 is 135. The highest BCUT2D eigenvalue weighted by Crippen LogP contribution is 2.42. The summed E-state index contributed by atoms with van der Waals surface area (Å²) in [6, 6.07) is 86.0. The Bertz CT molecular complexity index is 5180. The fourth-order valence-electron chi connectivity index (χ4n) is 15.4. The number of ether oxygens (including phenoxy) is 20. The standard InChI is InChI=1S/C99H102N6O25/c1-111-94(109)88-86(84(119-59-71-45-25-9-26-46-71)90(124-92(107)73-49-29-11-30-50-73)98(129-88)121-62-75(116-56-68-39-19-6-20-40-68)61-113-53-65-33-13-3-14-34-65)128-97-79(103-105-101)83(118-58-70-43-23-8-24-44-70)81(77(123-97)64-115-55-67-37-17-5-18-38-67)126-99-91(125-93(108)74-51-31-12-32-52-74)85(120-60-72-47-27-10-28-48-72)87(89(130-99)95(110)112-2)127-96-78(102-104-100)82(117-57-69-41-21-7-22-42-69)80(106)76(122-96)63-114-54-66-35-15-4-16-36-66/h3-52,75-91,96-99,106H,53-64H2,1-2H3/t75-,76-,77-,78-,79-,80-,81-,82-,83-,84+,85+,86+,87+,88-,89-,90-,91-,96-,97-,98-,99-/m1/s1. The Morgan fingerprint density at radius 3 is 1.04 bits per heavy atom. The van der Waals surface area contributed by atoms with E-state index in [1.54, 1.807) is 146 Å². The minimum atomic E-state index is -2.06. The third kappa shape index (κ3) is 26.2. The van der Waals surface area contributed by atoms with Gasteiger partial charge in [-0.3, -0.25) is 0 Å². The van der Waals surface area contributed by atoms with Crippen LogP contribution < -0.4 is 0 Å². The van der Waals surface area contributed by atoms with Gasteiger partial charge in [-0.25, -0.2) is 19.2 Å². The summed E-state index contributed by atoms with van der Waals surface area (Å²) in [5.41, 5.74) is 27.6. The topological polar surface area (TPSA) is 371 Å². The highest BCUT2D eigenvalue weighted by Gasteiger charge is 2.61. The van der Waals surface area contributed by atoms with Gasteiger partial charge in [-0.2, -0.15) is 0 Å². The van der Waals surface area contributed by atoms with Crippen molar-refractivity contribution in [2.45, 2.75) is 182 Å². The molecule has 4 fully saturated rings. The summed E-state index contributed by atoms with van der Waals surface area (Å²) in [5, 5.41) is 21.0. The van der Waals surface area contributed by atoms with Crippen molar-refractivity contribution >= 4 is 23.9 Å². The van der Waals surface area contributed by atoms with E-state index in [9.17, 15) is 21.0 Å². The van der Waals surface area contributed by atoms with Gasteiger partial charge in [0.05, 0.1) is 111 Å². The van der Waals surface area contributed by atoms with Crippen LogP contribution in [-0.2, 0) is 157 Å². The number of azide groups is 2. The predicted molar refractivity (Wildman–Crippen MR) is 466 cm³/mol. The van der Waals surface area contributed by atoms with Gasteiger partial charge in [0.25, 0.3) is 0 Å². The summed E-state index contributed by atoms with van der Waals surface area (Å²) in [4.78, 5) is 67.5. The van der Waals surface area contributed by atoms with Crippen LogP contribution in [0.25, 0.3) is 20.9 Å². The van der Waals surface area contributed by atoms with E-state index in [-0.39, 0.29) is 83.8 Å². The van der Waals surface area contributed by atoms with E-state index in [2.05, 4.69) is 20.1 Å². The van der Waals surface area contributed by atoms with E-state index in [4.69, 9.17) is 94.7 Å². The van der Waals surface area contributed by atoms with Gasteiger partial charge in [0, 0.05) is 9.82 Å². The molecule has 4 heterocycles. The Morgan fingerprint density at radius 1 is 0.331 bits per heavy atom. The largest absolute Gasteiger partial charge is 0.467 e. The lowest BCUT2D eigenvalue weighted by Gasteiger charge is -2.51. The monoisotopic (exact) mass is 1770 g/mol. The number of hydrogen-bond acceptors (Lipinski definition) is 27. The fraction of sp³-hybridized carbons (Fsp3) is 0.354. The molecule has 0 spiro atoms. The van der Waals surface area contributed by atoms with Crippen molar-refractivity contribution in [2.75, 3.05) is 40.6 Å². The molecule has 0 radical (unpaired) electrons. The average molecular weight is 1780 g/mol. The van der Waals surface area contributed by atoms with Gasteiger partial charge in [0.2, 0.25) is 0 Å². The number of carbonyl (C=O) groups is 4. The van der Waals surface area contributed by atoms with Gasteiger partial charge in [-0.1, -0.05) is 289 Å². The van der Waals surface area contributed by atoms with Crippen LogP contribution in [-0.4, -0.2) is 198 Å². The lowest BCUT2D eigenvalue weighted by Crippen LogP contribution is -2.69. The average Bonchev–Trinajstić information content (AvgIpc) is 0.753. The third-order valence-electron chi connectivity index (χ3n) is 22.0. The molecule has 4 saturated heterocycles. The lowest BCUT2D eigenvalue weighted by atomic mass is 9.93. The minimum absolute atomic E-state index is 0.0179. The number of hydrogen-bond donors (Lipinski definition) is 1. The number of nitrogens with zero attached hydrogens (tertiary/aromatic N) is 6. The summed E-state index contributed by atoms with van der Waals surface area (Å²) >= 11 is 0.